The first-order valence-electron chi connectivity index (χ1n) is 9.07. The summed E-state index contributed by atoms with van der Waals surface area (Å²) in [6, 6.07) is 0. The number of ketones is 1. The van der Waals surface area contributed by atoms with Crippen LogP contribution in [-0.2, 0) is 9.59 Å². The Morgan fingerprint density at radius 2 is 1.50 bits per heavy atom. The normalized spacial score (nSPS) is 12.5. The molecule has 1 amide bonds. The number of likely N-dealkylation sites (N-methyl/N-ethyl adjacent to an activating group) is 1. The van der Waals surface area contributed by atoms with Crippen LogP contribution in [0.5, 0.6) is 0 Å². The van der Waals surface area contributed by atoms with E-state index in [1.165, 1.54) is 0 Å². The Bertz CT molecular complexity index is 381. The van der Waals surface area contributed by atoms with Crippen LogP contribution >= 0.6 is 0 Å². The molecule has 0 aliphatic heterocycles. The van der Waals surface area contributed by atoms with Crippen LogP contribution in [0.2, 0.25) is 0 Å². The largest absolute Gasteiger partial charge is 0.355 e. The fourth-order valence-corrected chi connectivity index (χ4v) is 2.14. The van der Waals surface area contributed by atoms with E-state index in [1.54, 1.807) is 0 Å². The molecule has 0 rings (SSSR count). The number of nitrogens with zero attached hydrogens (tertiary/aromatic N) is 1. The molecule has 0 saturated carbocycles. The zero-order chi connectivity index (χ0) is 18.8. The van der Waals surface area contributed by atoms with E-state index < -0.39 is 0 Å². The van der Waals surface area contributed by atoms with E-state index in [4.69, 9.17) is 0 Å². The maximum atomic E-state index is 11.8. The van der Waals surface area contributed by atoms with E-state index in [-0.39, 0.29) is 22.5 Å². The lowest BCUT2D eigenvalue weighted by Gasteiger charge is -2.20. The molecule has 0 aliphatic carbocycles. The quantitative estimate of drug-likeness (QED) is 0.567. The fraction of sp³-hybridized carbons (Fsp3) is 0.895. The van der Waals surface area contributed by atoms with E-state index in [1.807, 2.05) is 7.05 Å². The van der Waals surface area contributed by atoms with Crippen molar-refractivity contribution in [1.82, 2.24) is 15.5 Å². The number of Topliss-reactive ketones (excluding diaryl/α,β-unsaturated/α-hetero) is 1. The average molecular weight is 342 g/mol. The lowest BCUT2D eigenvalue weighted by molar-refractivity contribution is -0.123. The molecule has 0 atom stereocenters. The topological polar surface area (TPSA) is 61.4 Å². The van der Waals surface area contributed by atoms with Crippen molar-refractivity contribution in [2.75, 3.05) is 39.8 Å². The maximum absolute atomic E-state index is 11.8. The predicted octanol–water partition coefficient (Wildman–Crippen LogP) is 2.46. The van der Waals surface area contributed by atoms with Crippen molar-refractivity contribution >= 4 is 11.7 Å². The average Bonchev–Trinajstić information content (AvgIpc) is 2.38. The van der Waals surface area contributed by atoms with Crippen LogP contribution in [0, 0.1) is 10.8 Å². The van der Waals surface area contributed by atoms with Gasteiger partial charge < -0.3 is 15.5 Å². The van der Waals surface area contributed by atoms with Gasteiger partial charge in [0.1, 0.15) is 5.78 Å². The Kier molecular flexibility index (Phi) is 10.4. The summed E-state index contributed by atoms with van der Waals surface area (Å²) in [5.74, 6) is 0.389. The number of rotatable bonds is 11. The lowest BCUT2D eigenvalue weighted by Crippen LogP contribution is -2.37. The smallest absolute Gasteiger partial charge is 0.220 e. The van der Waals surface area contributed by atoms with Crippen molar-refractivity contribution in [3.8, 4) is 0 Å². The highest BCUT2D eigenvalue weighted by Crippen LogP contribution is 2.20. The first-order chi connectivity index (χ1) is 10.9. The summed E-state index contributed by atoms with van der Waals surface area (Å²) >= 11 is 0. The van der Waals surface area contributed by atoms with Gasteiger partial charge in [0, 0.05) is 39.0 Å². The van der Waals surface area contributed by atoms with Crippen LogP contribution in [0.25, 0.3) is 0 Å². The second kappa shape index (κ2) is 10.8. The molecule has 0 heterocycles. The Balaban J connectivity index is 3.64. The van der Waals surface area contributed by atoms with E-state index in [0.29, 0.717) is 25.9 Å². The minimum Gasteiger partial charge on any atom is -0.355 e. The Morgan fingerprint density at radius 1 is 0.917 bits per heavy atom. The van der Waals surface area contributed by atoms with Gasteiger partial charge in [0.2, 0.25) is 5.91 Å². The van der Waals surface area contributed by atoms with Gasteiger partial charge in [-0.2, -0.15) is 0 Å². The van der Waals surface area contributed by atoms with Gasteiger partial charge in [0.05, 0.1) is 6.54 Å². The molecule has 0 aromatic carbocycles. The molecule has 0 unspecified atom stereocenters. The third-order valence-corrected chi connectivity index (χ3v) is 3.65. The van der Waals surface area contributed by atoms with Crippen molar-refractivity contribution in [2.24, 2.45) is 10.8 Å². The van der Waals surface area contributed by atoms with Crippen molar-refractivity contribution in [3.05, 3.63) is 0 Å². The molecule has 0 aliphatic rings. The van der Waals surface area contributed by atoms with Crippen LogP contribution in [0.3, 0.4) is 0 Å². The number of carbonyl (C=O) groups excluding carboxylic acids is 2. The van der Waals surface area contributed by atoms with Crippen LogP contribution in [0.15, 0.2) is 0 Å². The molecular formula is C19H39N3O2. The number of carbonyl (C=O) groups is 2. The number of hydrogen-bond donors (Lipinski definition) is 2. The van der Waals surface area contributed by atoms with Gasteiger partial charge in [-0.05, 0) is 24.3 Å². The van der Waals surface area contributed by atoms with Gasteiger partial charge in [0.15, 0.2) is 0 Å². The summed E-state index contributed by atoms with van der Waals surface area (Å²) < 4.78 is 0. The summed E-state index contributed by atoms with van der Waals surface area (Å²) in [6.07, 6.45) is 2.13. The first kappa shape index (κ1) is 23.1. The molecular weight excluding hydrogens is 302 g/mol. The zero-order valence-corrected chi connectivity index (χ0v) is 16.9. The SMILES string of the molecule is CN(CCNCC(=O)CCC(C)(C)C)CCNC(=O)CC(C)(C)C. The predicted molar refractivity (Wildman–Crippen MR) is 101 cm³/mol. The Labute approximate surface area is 148 Å². The standard InChI is InChI=1S/C19H39N3O2/c1-18(2,3)9-8-16(23)15-20-10-12-22(7)13-11-21-17(24)14-19(4,5)6/h20H,8-15H2,1-7H3,(H,21,24). The van der Waals surface area contributed by atoms with Crippen LogP contribution in [-0.4, -0.2) is 56.4 Å². The van der Waals surface area contributed by atoms with Crippen molar-refractivity contribution in [3.63, 3.8) is 0 Å². The maximum Gasteiger partial charge on any atom is 0.220 e. The second-order valence-electron chi connectivity index (χ2n) is 9.17. The molecule has 0 bridgehead atoms. The molecule has 142 valence electrons. The fourth-order valence-electron chi connectivity index (χ4n) is 2.14. The van der Waals surface area contributed by atoms with Crippen molar-refractivity contribution < 1.29 is 9.59 Å². The van der Waals surface area contributed by atoms with Gasteiger partial charge in [0.25, 0.3) is 0 Å². The molecule has 0 fully saturated rings. The van der Waals surface area contributed by atoms with E-state index in [2.05, 4.69) is 57.1 Å². The van der Waals surface area contributed by atoms with Gasteiger partial charge >= 0.3 is 0 Å². The highest BCUT2D eigenvalue weighted by molar-refractivity contribution is 5.80. The summed E-state index contributed by atoms with van der Waals surface area (Å²) in [5.41, 5.74) is 0.243. The van der Waals surface area contributed by atoms with Gasteiger partial charge in [-0.1, -0.05) is 41.5 Å². The molecule has 24 heavy (non-hydrogen) atoms. The molecule has 0 spiro atoms. The molecule has 5 heteroatoms. The Hall–Kier alpha value is -0.940. The Morgan fingerprint density at radius 3 is 2.04 bits per heavy atom. The van der Waals surface area contributed by atoms with Gasteiger partial charge in [-0.25, -0.2) is 0 Å². The first-order valence-corrected chi connectivity index (χ1v) is 9.07. The second-order valence-corrected chi connectivity index (χ2v) is 9.17. The number of amides is 1. The van der Waals surface area contributed by atoms with Crippen molar-refractivity contribution in [2.45, 2.75) is 60.8 Å². The van der Waals surface area contributed by atoms with Crippen LogP contribution in [0.1, 0.15) is 60.8 Å². The van der Waals surface area contributed by atoms with Crippen LogP contribution < -0.4 is 10.6 Å². The van der Waals surface area contributed by atoms with Gasteiger partial charge in [-0.15, -0.1) is 0 Å². The third-order valence-electron chi connectivity index (χ3n) is 3.65. The molecule has 5 nitrogen and oxygen atoms in total. The molecule has 0 saturated heterocycles. The highest BCUT2D eigenvalue weighted by Gasteiger charge is 2.15. The van der Waals surface area contributed by atoms with E-state index >= 15 is 0 Å². The number of nitrogens with one attached hydrogen (secondary N) is 2. The summed E-state index contributed by atoms with van der Waals surface area (Å²) in [7, 11) is 2.03. The lowest BCUT2D eigenvalue weighted by atomic mass is 9.89. The van der Waals surface area contributed by atoms with Gasteiger partial charge in [-0.3, -0.25) is 9.59 Å². The summed E-state index contributed by atoms with van der Waals surface area (Å²) in [6.45, 7) is 16.2. The van der Waals surface area contributed by atoms with E-state index in [9.17, 15) is 9.59 Å². The number of hydrogen-bond acceptors (Lipinski definition) is 4. The highest BCUT2D eigenvalue weighted by atomic mass is 16.1. The van der Waals surface area contributed by atoms with E-state index in [0.717, 1.165) is 26.1 Å². The monoisotopic (exact) mass is 341 g/mol. The molecule has 0 aromatic heterocycles. The molecule has 2 N–H and O–H groups in total. The third kappa shape index (κ3) is 15.9. The van der Waals surface area contributed by atoms with Crippen LogP contribution in [0.4, 0.5) is 0 Å². The molecule has 0 radical (unpaired) electrons. The summed E-state index contributed by atoms with van der Waals surface area (Å²) in [4.78, 5) is 25.7. The van der Waals surface area contributed by atoms with Crippen molar-refractivity contribution in [1.29, 1.82) is 0 Å². The summed E-state index contributed by atoms with van der Waals surface area (Å²) in [5, 5.41) is 6.16. The minimum atomic E-state index is 0.0272. The molecule has 0 aromatic rings. The minimum absolute atomic E-state index is 0.0272. The zero-order valence-electron chi connectivity index (χ0n) is 16.9.